The van der Waals surface area contributed by atoms with Crippen LogP contribution in [0.25, 0.3) is 16.8 Å². The summed E-state index contributed by atoms with van der Waals surface area (Å²) >= 11 is 0. The summed E-state index contributed by atoms with van der Waals surface area (Å²) in [5.41, 5.74) is 7.18. The third kappa shape index (κ3) is 4.60. The molecule has 2 fully saturated rings. The molecule has 9 nitrogen and oxygen atoms in total. The van der Waals surface area contributed by atoms with E-state index in [1.54, 1.807) is 30.7 Å². The minimum Gasteiger partial charge on any atom is -0.391 e. The Morgan fingerprint density at radius 1 is 1.08 bits per heavy atom. The van der Waals surface area contributed by atoms with E-state index in [9.17, 15) is 10.2 Å². The number of rotatable bonds is 5. The number of anilines is 3. The van der Waals surface area contributed by atoms with Gasteiger partial charge in [0.05, 0.1) is 52.2 Å². The zero-order chi connectivity index (χ0) is 27.3. The summed E-state index contributed by atoms with van der Waals surface area (Å²) in [4.78, 5) is 10.8. The van der Waals surface area contributed by atoms with Crippen molar-refractivity contribution in [1.29, 1.82) is 0 Å². The molecule has 6 rings (SSSR count). The number of nitrogens with two attached hydrogens (primary N) is 1. The fourth-order valence-electron chi connectivity index (χ4n) is 5.83. The molecule has 0 bridgehead atoms. The van der Waals surface area contributed by atoms with Gasteiger partial charge in [-0.05, 0) is 48.7 Å². The summed E-state index contributed by atoms with van der Waals surface area (Å²) in [6.07, 6.45) is 6.98. The predicted molar refractivity (Wildman–Crippen MR) is 144 cm³/mol. The first-order chi connectivity index (χ1) is 18.7. The summed E-state index contributed by atoms with van der Waals surface area (Å²) < 4.78 is 32.0. The molecule has 39 heavy (non-hydrogen) atoms. The van der Waals surface area contributed by atoms with Crippen molar-refractivity contribution in [3.63, 3.8) is 0 Å². The van der Waals surface area contributed by atoms with Crippen molar-refractivity contribution in [3.05, 3.63) is 66.1 Å². The maximum absolute atomic E-state index is 15.3. The Bertz CT molecular complexity index is 1490. The number of halogens is 2. The number of imidazole rings is 1. The standard InChI is InChI=1S/C28H31F2N7O2/c1-16-14-36(15-21(31)26(16)38)24-6-9-32-13-23(24)34-27-33-12-18-4-5-22(35-37(18)27)25-19(29)10-17(11-20(25)30)28(39)7-2-3-8-28/h4-6,9-13,16,21,26,38-39H,2-3,7-8,14-15,31H2,1H3,(H,33,34)/t16-,21+,26+/m0/s1. The maximum Gasteiger partial charge on any atom is 0.229 e. The third-order valence-corrected chi connectivity index (χ3v) is 8.00. The fourth-order valence-corrected chi connectivity index (χ4v) is 5.83. The van der Waals surface area contributed by atoms with Crippen molar-refractivity contribution in [1.82, 2.24) is 19.6 Å². The van der Waals surface area contributed by atoms with Crippen LogP contribution in [0.5, 0.6) is 0 Å². The number of aromatic nitrogens is 4. The van der Waals surface area contributed by atoms with E-state index in [-0.39, 0.29) is 22.7 Å². The van der Waals surface area contributed by atoms with Gasteiger partial charge in [-0.25, -0.2) is 13.8 Å². The van der Waals surface area contributed by atoms with Crippen LogP contribution >= 0.6 is 0 Å². The largest absolute Gasteiger partial charge is 0.391 e. The molecular weight excluding hydrogens is 504 g/mol. The summed E-state index contributed by atoms with van der Waals surface area (Å²) in [7, 11) is 0. The molecule has 1 aliphatic carbocycles. The van der Waals surface area contributed by atoms with Gasteiger partial charge < -0.3 is 26.2 Å². The van der Waals surface area contributed by atoms with Gasteiger partial charge in [0.1, 0.15) is 11.6 Å². The van der Waals surface area contributed by atoms with E-state index in [4.69, 9.17) is 5.73 Å². The topological polar surface area (TPSA) is 125 Å². The summed E-state index contributed by atoms with van der Waals surface area (Å²) in [6, 6.07) is 7.13. The molecule has 0 spiro atoms. The number of hydrogen-bond donors (Lipinski definition) is 4. The van der Waals surface area contributed by atoms with Crippen LogP contribution in [0.4, 0.5) is 26.1 Å². The lowest BCUT2D eigenvalue weighted by Gasteiger charge is -2.40. The molecule has 1 aromatic carbocycles. The Morgan fingerprint density at radius 2 is 1.82 bits per heavy atom. The van der Waals surface area contributed by atoms with Crippen LogP contribution in [0.2, 0.25) is 0 Å². The van der Waals surface area contributed by atoms with Crippen molar-refractivity contribution in [2.24, 2.45) is 11.7 Å². The van der Waals surface area contributed by atoms with E-state index in [1.165, 1.54) is 16.6 Å². The highest BCUT2D eigenvalue weighted by Gasteiger charge is 2.35. The Labute approximate surface area is 224 Å². The molecule has 4 heterocycles. The molecule has 3 aromatic heterocycles. The number of pyridine rings is 1. The summed E-state index contributed by atoms with van der Waals surface area (Å²) in [5, 5.41) is 28.9. The van der Waals surface area contributed by atoms with Gasteiger partial charge in [-0.2, -0.15) is 9.61 Å². The highest BCUT2D eigenvalue weighted by Crippen LogP contribution is 2.40. The number of aliphatic hydroxyl groups is 2. The van der Waals surface area contributed by atoms with E-state index in [2.05, 4.69) is 25.3 Å². The molecule has 2 aliphatic rings. The van der Waals surface area contributed by atoms with E-state index in [1.807, 2.05) is 13.0 Å². The minimum atomic E-state index is -1.20. The van der Waals surface area contributed by atoms with Crippen LogP contribution < -0.4 is 16.0 Å². The second-order valence-corrected chi connectivity index (χ2v) is 10.7. The van der Waals surface area contributed by atoms with Crippen LogP contribution in [0.3, 0.4) is 0 Å². The lowest BCUT2D eigenvalue weighted by atomic mass is 9.90. The van der Waals surface area contributed by atoms with Crippen LogP contribution in [0, 0.1) is 17.6 Å². The summed E-state index contributed by atoms with van der Waals surface area (Å²) in [6.45, 7) is 3.04. The van der Waals surface area contributed by atoms with Crippen molar-refractivity contribution in [2.75, 3.05) is 23.3 Å². The predicted octanol–water partition coefficient (Wildman–Crippen LogP) is 3.72. The van der Waals surface area contributed by atoms with Crippen molar-refractivity contribution in [2.45, 2.75) is 50.4 Å². The van der Waals surface area contributed by atoms with Gasteiger partial charge in [0, 0.05) is 31.2 Å². The number of hydrogen-bond acceptors (Lipinski definition) is 8. The molecule has 3 atom stereocenters. The second kappa shape index (κ2) is 9.82. The first kappa shape index (κ1) is 25.6. The molecule has 0 unspecified atom stereocenters. The van der Waals surface area contributed by atoms with Gasteiger partial charge in [0.2, 0.25) is 5.95 Å². The number of nitrogens with zero attached hydrogens (tertiary/aromatic N) is 5. The van der Waals surface area contributed by atoms with E-state index >= 15 is 8.78 Å². The molecule has 0 radical (unpaired) electrons. The maximum atomic E-state index is 15.3. The Kier molecular flexibility index (Phi) is 6.44. The van der Waals surface area contributed by atoms with Gasteiger partial charge >= 0.3 is 0 Å². The number of piperidine rings is 1. The van der Waals surface area contributed by atoms with Gasteiger partial charge in [-0.1, -0.05) is 19.8 Å². The fraction of sp³-hybridized carbons (Fsp3) is 0.393. The molecule has 204 valence electrons. The quantitative estimate of drug-likeness (QED) is 0.305. The van der Waals surface area contributed by atoms with E-state index < -0.39 is 29.4 Å². The minimum absolute atomic E-state index is 0.0168. The zero-order valence-electron chi connectivity index (χ0n) is 21.6. The number of fused-ring (bicyclic) bond motifs is 1. The second-order valence-electron chi connectivity index (χ2n) is 10.7. The van der Waals surface area contributed by atoms with Crippen LogP contribution in [-0.2, 0) is 5.60 Å². The normalized spacial score (nSPS) is 22.9. The van der Waals surface area contributed by atoms with E-state index in [0.717, 1.165) is 18.5 Å². The molecule has 11 heteroatoms. The number of nitrogens with one attached hydrogen (secondary N) is 1. The highest BCUT2D eigenvalue weighted by molar-refractivity contribution is 5.74. The molecule has 1 saturated heterocycles. The van der Waals surface area contributed by atoms with Crippen LogP contribution in [-0.4, -0.2) is 55.0 Å². The molecule has 1 aliphatic heterocycles. The first-order valence-corrected chi connectivity index (χ1v) is 13.2. The van der Waals surface area contributed by atoms with Gasteiger partial charge in [-0.15, -0.1) is 0 Å². The van der Waals surface area contributed by atoms with Crippen molar-refractivity contribution >= 4 is 22.8 Å². The van der Waals surface area contributed by atoms with Gasteiger partial charge in [0.15, 0.2) is 0 Å². The number of aliphatic hydroxyl groups excluding tert-OH is 1. The van der Waals surface area contributed by atoms with Gasteiger partial charge in [-0.3, -0.25) is 4.98 Å². The summed E-state index contributed by atoms with van der Waals surface area (Å²) in [5.74, 6) is -1.23. The zero-order valence-corrected chi connectivity index (χ0v) is 21.6. The smallest absolute Gasteiger partial charge is 0.229 e. The Hall–Kier alpha value is -3.67. The lowest BCUT2D eigenvalue weighted by Crippen LogP contribution is -2.55. The lowest BCUT2D eigenvalue weighted by molar-refractivity contribution is 0.0438. The monoisotopic (exact) mass is 535 g/mol. The Morgan fingerprint density at radius 3 is 2.54 bits per heavy atom. The molecule has 0 amide bonds. The van der Waals surface area contributed by atoms with E-state index in [0.29, 0.717) is 43.1 Å². The molecule has 1 saturated carbocycles. The van der Waals surface area contributed by atoms with Gasteiger partial charge in [0.25, 0.3) is 0 Å². The average Bonchev–Trinajstić information content (AvgIpc) is 3.54. The first-order valence-electron chi connectivity index (χ1n) is 13.2. The Balaban J connectivity index is 1.33. The molecule has 5 N–H and O–H groups in total. The highest BCUT2D eigenvalue weighted by atomic mass is 19.1. The van der Waals surface area contributed by atoms with Crippen LogP contribution in [0.15, 0.2) is 48.9 Å². The number of benzene rings is 1. The van der Waals surface area contributed by atoms with Crippen molar-refractivity contribution in [3.8, 4) is 11.3 Å². The third-order valence-electron chi connectivity index (χ3n) is 8.00. The van der Waals surface area contributed by atoms with Crippen LogP contribution in [0.1, 0.15) is 38.2 Å². The van der Waals surface area contributed by atoms with Crippen molar-refractivity contribution < 1.29 is 19.0 Å². The molecular formula is C28H31F2N7O2. The molecule has 4 aromatic rings. The SMILES string of the molecule is C[C@H]1CN(c2ccncc2Nc2ncc3ccc(-c4c(F)cc(C5(O)CCCC5)cc4F)nn23)C[C@@H](N)[C@@H]1O. The average molecular weight is 536 g/mol.